The van der Waals surface area contributed by atoms with E-state index in [9.17, 15) is 9.90 Å². The van der Waals surface area contributed by atoms with E-state index < -0.39 is 0 Å². The molecule has 0 spiro atoms. The van der Waals surface area contributed by atoms with Gasteiger partial charge in [0.1, 0.15) is 0 Å². The van der Waals surface area contributed by atoms with Crippen LogP contribution in [0.1, 0.15) is 24.3 Å². The molecular formula is C19H26N4O2S. The summed E-state index contributed by atoms with van der Waals surface area (Å²) < 4.78 is 0. The lowest BCUT2D eigenvalue weighted by Gasteiger charge is -2.34. The SMILES string of the molecule is Cc1nc(-c2cccc(NC(=O)NCCN3CCCC[C@H]3CO)c2)cs1. The number of aliphatic hydroxyl groups excluding tert-OH is 1. The van der Waals surface area contributed by atoms with Crippen LogP contribution in [0.3, 0.4) is 0 Å². The number of urea groups is 1. The lowest BCUT2D eigenvalue weighted by Crippen LogP contribution is -2.46. The molecule has 140 valence electrons. The summed E-state index contributed by atoms with van der Waals surface area (Å²) in [5.74, 6) is 0. The number of thiazole rings is 1. The summed E-state index contributed by atoms with van der Waals surface area (Å²) in [6, 6.07) is 7.72. The highest BCUT2D eigenvalue weighted by molar-refractivity contribution is 7.09. The van der Waals surface area contributed by atoms with Crippen molar-refractivity contribution in [1.82, 2.24) is 15.2 Å². The Morgan fingerprint density at radius 1 is 1.42 bits per heavy atom. The fourth-order valence-electron chi connectivity index (χ4n) is 3.30. The second kappa shape index (κ2) is 9.12. The number of piperidine rings is 1. The van der Waals surface area contributed by atoms with Gasteiger partial charge in [-0.2, -0.15) is 0 Å². The number of anilines is 1. The molecule has 0 aliphatic carbocycles. The topological polar surface area (TPSA) is 77.5 Å². The predicted molar refractivity (Wildman–Crippen MR) is 106 cm³/mol. The van der Waals surface area contributed by atoms with E-state index >= 15 is 0 Å². The largest absolute Gasteiger partial charge is 0.395 e. The van der Waals surface area contributed by atoms with Crippen molar-refractivity contribution in [2.45, 2.75) is 32.2 Å². The predicted octanol–water partition coefficient (Wildman–Crippen LogP) is 3.09. The third-order valence-corrected chi connectivity index (χ3v) is 5.45. The van der Waals surface area contributed by atoms with Crippen molar-refractivity contribution in [1.29, 1.82) is 0 Å². The lowest BCUT2D eigenvalue weighted by atomic mass is 10.0. The van der Waals surface area contributed by atoms with Crippen LogP contribution in [-0.2, 0) is 0 Å². The minimum atomic E-state index is -0.214. The fraction of sp³-hybridized carbons (Fsp3) is 0.474. The minimum Gasteiger partial charge on any atom is -0.395 e. The van der Waals surface area contributed by atoms with Gasteiger partial charge < -0.3 is 15.7 Å². The fourth-order valence-corrected chi connectivity index (χ4v) is 3.92. The first-order valence-corrected chi connectivity index (χ1v) is 9.96. The van der Waals surface area contributed by atoms with Gasteiger partial charge in [0.05, 0.1) is 17.3 Å². The van der Waals surface area contributed by atoms with E-state index in [1.807, 2.05) is 36.6 Å². The molecular weight excluding hydrogens is 348 g/mol. The quantitative estimate of drug-likeness (QED) is 0.726. The summed E-state index contributed by atoms with van der Waals surface area (Å²) in [5, 5.41) is 18.3. The molecule has 26 heavy (non-hydrogen) atoms. The Hall–Kier alpha value is -1.96. The molecule has 0 bridgehead atoms. The highest BCUT2D eigenvalue weighted by Crippen LogP contribution is 2.24. The first kappa shape index (κ1) is 18.8. The molecule has 2 heterocycles. The Balaban J connectivity index is 1.49. The van der Waals surface area contributed by atoms with Gasteiger partial charge in [-0.1, -0.05) is 18.6 Å². The molecule has 1 aliphatic heterocycles. The Morgan fingerprint density at radius 2 is 2.31 bits per heavy atom. The Labute approximate surface area is 158 Å². The van der Waals surface area contributed by atoms with Crippen LogP contribution in [0.25, 0.3) is 11.3 Å². The molecule has 1 saturated heterocycles. The molecule has 1 fully saturated rings. The maximum absolute atomic E-state index is 12.2. The normalized spacial score (nSPS) is 17.8. The summed E-state index contributed by atoms with van der Waals surface area (Å²) in [4.78, 5) is 18.9. The highest BCUT2D eigenvalue weighted by Gasteiger charge is 2.21. The molecule has 1 atom stereocenters. The molecule has 2 aromatic rings. The zero-order chi connectivity index (χ0) is 18.4. The molecule has 1 aromatic carbocycles. The van der Waals surface area contributed by atoms with Crippen LogP contribution in [0.15, 0.2) is 29.6 Å². The van der Waals surface area contributed by atoms with Gasteiger partial charge >= 0.3 is 6.03 Å². The zero-order valence-corrected chi connectivity index (χ0v) is 15.9. The number of aryl methyl sites for hydroxylation is 1. The van der Waals surface area contributed by atoms with Gasteiger partial charge in [0, 0.05) is 35.8 Å². The molecule has 7 heteroatoms. The van der Waals surface area contributed by atoms with Crippen molar-refractivity contribution in [2.24, 2.45) is 0 Å². The lowest BCUT2D eigenvalue weighted by molar-refractivity contribution is 0.0917. The number of aromatic nitrogens is 1. The maximum atomic E-state index is 12.2. The molecule has 3 N–H and O–H groups in total. The zero-order valence-electron chi connectivity index (χ0n) is 15.1. The number of nitrogens with zero attached hydrogens (tertiary/aromatic N) is 2. The van der Waals surface area contributed by atoms with Crippen LogP contribution in [0, 0.1) is 6.92 Å². The number of likely N-dealkylation sites (tertiary alicyclic amines) is 1. The van der Waals surface area contributed by atoms with Crippen LogP contribution in [0.2, 0.25) is 0 Å². The molecule has 0 unspecified atom stereocenters. The van der Waals surface area contributed by atoms with E-state index in [4.69, 9.17) is 0 Å². The summed E-state index contributed by atoms with van der Waals surface area (Å²) in [7, 11) is 0. The first-order chi connectivity index (χ1) is 12.7. The number of benzene rings is 1. The van der Waals surface area contributed by atoms with E-state index in [0.29, 0.717) is 6.54 Å². The molecule has 0 saturated carbocycles. The van der Waals surface area contributed by atoms with E-state index in [1.54, 1.807) is 11.3 Å². The number of aliphatic hydroxyl groups is 1. The number of nitrogens with one attached hydrogen (secondary N) is 2. The molecule has 6 nitrogen and oxygen atoms in total. The minimum absolute atomic E-state index is 0.190. The third kappa shape index (κ3) is 5.03. The molecule has 3 rings (SSSR count). The number of rotatable bonds is 6. The van der Waals surface area contributed by atoms with E-state index in [1.165, 1.54) is 6.42 Å². The Morgan fingerprint density at radius 3 is 3.08 bits per heavy atom. The molecule has 0 radical (unpaired) electrons. The van der Waals surface area contributed by atoms with Crippen LogP contribution >= 0.6 is 11.3 Å². The van der Waals surface area contributed by atoms with Gasteiger partial charge in [0.2, 0.25) is 0 Å². The summed E-state index contributed by atoms with van der Waals surface area (Å²) in [6.45, 7) is 4.48. The summed E-state index contributed by atoms with van der Waals surface area (Å²) >= 11 is 1.61. The van der Waals surface area contributed by atoms with Gasteiger partial charge in [-0.3, -0.25) is 4.90 Å². The second-order valence-electron chi connectivity index (χ2n) is 6.58. The number of hydrogen-bond acceptors (Lipinski definition) is 5. The van der Waals surface area contributed by atoms with Crippen molar-refractivity contribution in [2.75, 3.05) is 31.6 Å². The van der Waals surface area contributed by atoms with Crippen molar-refractivity contribution in [3.8, 4) is 11.3 Å². The van der Waals surface area contributed by atoms with Gasteiger partial charge in [0.25, 0.3) is 0 Å². The van der Waals surface area contributed by atoms with E-state index in [-0.39, 0.29) is 18.7 Å². The Bertz CT molecular complexity index is 734. The number of hydrogen-bond donors (Lipinski definition) is 3. The van der Waals surface area contributed by atoms with Crippen LogP contribution in [0.4, 0.5) is 10.5 Å². The van der Waals surface area contributed by atoms with Crippen LogP contribution in [-0.4, -0.2) is 53.3 Å². The standard InChI is InChI=1S/C19H26N4O2S/c1-14-21-18(13-26-14)15-5-4-6-16(11-15)22-19(25)20-8-10-23-9-3-2-7-17(23)12-24/h4-6,11,13,17,24H,2-3,7-10,12H2,1H3,(H2,20,22,25)/t17-/m0/s1. The van der Waals surface area contributed by atoms with Crippen molar-refractivity contribution in [3.63, 3.8) is 0 Å². The number of carbonyl (C=O) groups excluding carboxylic acids is 1. The van der Waals surface area contributed by atoms with E-state index in [0.717, 1.165) is 47.9 Å². The summed E-state index contributed by atoms with van der Waals surface area (Å²) in [5.41, 5.74) is 2.67. The van der Waals surface area contributed by atoms with Crippen molar-refractivity contribution >= 4 is 23.1 Å². The van der Waals surface area contributed by atoms with Gasteiger partial charge in [-0.15, -0.1) is 11.3 Å². The molecule has 1 aliphatic rings. The van der Waals surface area contributed by atoms with Crippen LogP contribution in [0.5, 0.6) is 0 Å². The van der Waals surface area contributed by atoms with Crippen LogP contribution < -0.4 is 10.6 Å². The van der Waals surface area contributed by atoms with Gasteiger partial charge in [-0.25, -0.2) is 9.78 Å². The molecule has 2 amide bonds. The first-order valence-electron chi connectivity index (χ1n) is 9.08. The third-order valence-electron chi connectivity index (χ3n) is 4.68. The molecule has 1 aromatic heterocycles. The van der Waals surface area contributed by atoms with Gasteiger partial charge in [-0.05, 0) is 38.4 Å². The number of amides is 2. The monoisotopic (exact) mass is 374 g/mol. The number of carbonyl (C=O) groups is 1. The highest BCUT2D eigenvalue weighted by atomic mass is 32.1. The maximum Gasteiger partial charge on any atom is 0.319 e. The average molecular weight is 375 g/mol. The van der Waals surface area contributed by atoms with E-state index in [2.05, 4.69) is 20.5 Å². The van der Waals surface area contributed by atoms with Crippen molar-refractivity contribution in [3.05, 3.63) is 34.7 Å². The van der Waals surface area contributed by atoms with Crippen molar-refractivity contribution < 1.29 is 9.90 Å². The smallest absolute Gasteiger partial charge is 0.319 e. The average Bonchev–Trinajstić information content (AvgIpc) is 3.09. The van der Waals surface area contributed by atoms with Gasteiger partial charge in [0.15, 0.2) is 0 Å². The summed E-state index contributed by atoms with van der Waals surface area (Å²) in [6.07, 6.45) is 3.36. The Kier molecular flexibility index (Phi) is 6.60. The second-order valence-corrected chi connectivity index (χ2v) is 7.64.